The van der Waals surface area contributed by atoms with E-state index in [-0.39, 0.29) is 29.2 Å². The summed E-state index contributed by atoms with van der Waals surface area (Å²) in [4.78, 5) is 27.1. The molecule has 0 radical (unpaired) electrons. The van der Waals surface area contributed by atoms with Gasteiger partial charge in [-0.25, -0.2) is 0 Å². The molecule has 67 heavy (non-hydrogen) atoms. The monoisotopic (exact) mass is 909 g/mol. The van der Waals surface area contributed by atoms with Gasteiger partial charge in [0.25, 0.3) is 0 Å². The first-order chi connectivity index (χ1) is 31.9. The number of fused-ring (bicyclic) bond motifs is 6. The van der Waals surface area contributed by atoms with E-state index in [0.29, 0.717) is 61.9 Å². The smallest absolute Gasteiger partial charge is 0.311 e. The standard InChI is InChI=1S/C61H80O6/c1-39(2)43-15-25-53-45(31-43)11-13-47-33-60(9,29-27-55(47)53)57(62)66-37-41(5)35-64-51-21-17-49(18-22-51)59(7,8)50-19-23-52(24-20-50)65-36-42(6)38-67-58(63)61(10)30-28-56-48(34-61)14-12-46-32-44(40(3)4)16-26-54(46)56/h15-26,31-32,39-42,47-48,55-56H,11-14,27-30,33-38H2,1-10H3. The van der Waals surface area contributed by atoms with Crippen LogP contribution in [0.15, 0.2) is 84.9 Å². The minimum absolute atomic E-state index is 0.0502. The largest absolute Gasteiger partial charge is 0.493 e. The summed E-state index contributed by atoms with van der Waals surface area (Å²) in [5.74, 6) is 4.94. The van der Waals surface area contributed by atoms with Crippen molar-refractivity contribution >= 4 is 11.9 Å². The SMILES string of the molecule is CC(COC(=O)C1(C)CCC2c3ccc(C(C)C)cc3CCC2C1)COc1ccc(C(C)(C)c2ccc(OCC(C)COC(=O)C3(C)CCC4c5ccc(C(C)C)cc5CCC4C3)cc2)cc1. The molecule has 8 atom stereocenters. The quantitative estimate of drug-likeness (QED) is 0.104. The van der Waals surface area contributed by atoms with Crippen molar-refractivity contribution in [2.24, 2.45) is 34.5 Å². The van der Waals surface area contributed by atoms with Crippen LogP contribution >= 0.6 is 0 Å². The van der Waals surface area contributed by atoms with Gasteiger partial charge in [-0.05, 0) is 182 Å². The van der Waals surface area contributed by atoms with Gasteiger partial charge in [-0.1, -0.05) is 116 Å². The summed E-state index contributed by atoms with van der Waals surface area (Å²) >= 11 is 0. The fourth-order valence-corrected chi connectivity index (χ4v) is 12.1. The van der Waals surface area contributed by atoms with E-state index in [1.165, 1.54) is 44.5 Å². The van der Waals surface area contributed by atoms with Crippen molar-refractivity contribution in [3.05, 3.63) is 129 Å². The van der Waals surface area contributed by atoms with Crippen LogP contribution in [0, 0.1) is 34.5 Å². The maximum atomic E-state index is 13.5. The van der Waals surface area contributed by atoms with Gasteiger partial charge in [-0.15, -0.1) is 0 Å². The molecule has 4 aromatic rings. The van der Waals surface area contributed by atoms with E-state index < -0.39 is 10.8 Å². The van der Waals surface area contributed by atoms with Gasteiger partial charge >= 0.3 is 11.9 Å². The molecule has 2 saturated carbocycles. The number of ether oxygens (including phenoxy) is 4. The number of carbonyl (C=O) groups is 2. The van der Waals surface area contributed by atoms with Gasteiger partial charge in [0.15, 0.2) is 0 Å². The summed E-state index contributed by atoms with van der Waals surface area (Å²) in [6, 6.07) is 30.9. The van der Waals surface area contributed by atoms with E-state index in [0.717, 1.165) is 75.7 Å². The molecule has 0 aromatic heterocycles. The molecule has 6 nitrogen and oxygen atoms in total. The summed E-state index contributed by atoms with van der Waals surface area (Å²) in [5.41, 5.74) is 10.2. The Bertz CT molecular complexity index is 2180. The Morgan fingerprint density at radius 2 is 0.940 bits per heavy atom. The third-order valence-corrected chi connectivity index (χ3v) is 16.8. The van der Waals surface area contributed by atoms with Crippen molar-refractivity contribution in [2.75, 3.05) is 26.4 Å². The van der Waals surface area contributed by atoms with E-state index in [1.54, 1.807) is 0 Å². The normalized spacial score (nSPS) is 25.5. The molecular formula is C61H80O6. The second-order valence-electron chi connectivity index (χ2n) is 23.3. The Morgan fingerprint density at radius 3 is 1.31 bits per heavy atom. The minimum Gasteiger partial charge on any atom is -0.493 e. The molecule has 8 rings (SSSR count). The number of esters is 2. The maximum absolute atomic E-state index is 13.5. The number of benzene rings is 4. The first-order valence-corrected chi connectivity index (χ1v) is 26.0. The van der Waals surface area contributed by atoms with Crippen LogP contribution in [0.25, 0.3) is 0 Å². The molecule has 0 saturated heterocycles. The van der Waals surface area contributed by atoms with E-state index >= 15 is 0 Å². The third-order valence-electron chi connectivity index (χ3n) is 16.8. The summed E-state index contributed by atoms with van der Waals surface area (Å²) in [6.07, 6.45) is 10.2. The highest BCUT2D eigenvalue weighted by Gasteiger charge is 2.47. The van der Waals surface area contributed by atoms with Crippen molar-refractivity contribution in [3.8, 4) is 11.5 Å². The number of hydrogen-bond donors (Lipinski definition) is 0. The molecule has 6 heteroatoms. The van der Waals surface area contributed by atoms with Crippen LogP contribution in [0.2, 0.25) is 0 Å². The van der Waals surface area contributed by atoms with Crippen molar-refractivity contribution in [2.45, 2.75) is 163 Å². The molecule has 0 aliphatic heterocycles. The lowest BCUT2D eigenvalue weighted by molar-refractivity contribution is -0.160. The fourth-order valence-electron chi connectivity index (χ4n) is 12.1. The van der Waals surface area contributed by atoms with Crippen molar-refractivity contribution < 1.29 is 28.5 Å². The van der Waals surface area contributed by atoms with Gasteiger partial charge in [-0.3, -0.25) is 9.59 Å². The minimum atomic E-state index is -0.427. The molecule has 8 unspecified atom stereocenters. The second kappa shape index (κ2) is 20.2. The zero-order valence-corrected chi connectivity index (χ0v) is 42.6. The van der Waals surface area contributed by atoms with Crippen LogP contribution in [-0.2, 0) is 37.3 Å². The highest BCUT2D eigenvalue weighted by Crippen LogP contribution is 2.53. The molecule has 360 valence electrons. The van der Waals surface area contributed by atoms with Gasteiger partial charge < -0.3 is 18.9 Å². The fraction of sp³-hybridized carbons (Fsp3) is 0.574. The summed E-state index contributed by atoms with van der Waals surface area (Å²) < 4.78 is 24.4. The van der Waals surface area contributed by atoms with E-state index in [2.05, 4.69) is 130 Å². The Labute approximate surface area is 403 Å². The van der Waals surface area contributed by atoms with Gasteiger partial charge in [0.1, 0.15) is 11.5 Å². The second-order valence-corrected chi connectivity index (χ2v) is 23.3. The lowest BCUT2D eigenvalue weighted by Gasteiger charge is -2.44. The Morgan fingerprint density at radius 1 is 0.552 bits per heavy atom. The third kappa shape index (κ3) is 10.8. The molecule has 4 aliphatic rings. The average Bonchev–Trinajstić information content (AvgIpc) is 3.32. The molecule has 0 amide bonds. The molecular weight excluding hydrogens is 829 g/mol. The van der Waals surface area contributed by atoms with E-state index in [4.69, 9.17) is 18.9 Å². The number of rotatable bonds is 16. The molecule has 0 N–H and O–H groups in total. The number of carbonyl (C=O) groups excluding carboxylic acids is 2. The van der Waals surface area contributed by atoms with Gasteiger partial charge in [0, 0.05) is 17.3 Å². The van der Waals surface area contributed by atoms with Crippen LogP contribution < -0.4 is 9.47 Å². The predicted octanol–water partition coefficient (Wildman–Crippen LogP) is 14.4. The molecule has 4 aromatic carbocycles. The lowest BCUT2D eigenvalue weighted by Crippen LogP contribution is -2.40. The van der Waals surface area contributed by atoms with Crippen molar-refractivity contribution in [3.63, 3.8) is 0 Å². The summed E-state index contributed by atoms with van der Waals surface area (Å²) in [6.45, 7) is 23.6. The van der Waals surface area contributed by atoms with Gasteiger partial charge in [-0.2, -0.15) is 0 Å². The first kappa shape index (κ1) is 48.9. The Kier molecular flexibility index (Phi) is 14.7. The Hall–Kier alpha value is -4.58. The Balaban J connectivity index is 0.743. The zero-order valence-electron chi connectivity index (χ0n) is 42.6. The zero-order chi connectivity index (χ0) is 47.7. The number of hydrogen-bond acceptors (Lipinski definition) is 6. The molecule has 0 spiro atoms. The molecule has 0 bridgehead atoms. The average molecular weight is 909 g/mol. The van der Waals surface area contributed by atoms with E-state index in [9.17, 15) is 9.59 Å². The first-order valence-electron chi connectivity index (χ1n) is 26.0. The van der Waals surface area contributed by atoms with Crippen molar-refractivity contribution in [1.82, 2.24) is 0 Å². The van der Waals surface area contributed by atoms with Crippen LogP contribution in [0.5, 0.6) is 11.5 Å². The maximum Gasteiger partial charge on any atom is 0.311 e. The topological polar surface area (TPSA) is 71.1 Å². The van der Waals surface area contributed by atoms with Crippen LogP contribution in [0.3, 0.4) is 0 Å². The van der Waals surface area contributed by atoms with Crippen LogP contribution in [0.4, 0.5) is 0 Å². The van der Waals surface area contributed by atoms with Gasteiger partial charge in [0.2, 0.25) is 0 Å². The number of aryl methyl sites for hydroxylation is 2. The highest BCUT2D eigenvalue weighted by molar-refractivity contribution is 5.77. The lowest BCUT2D eigenvalue weighted by atomic mass is 9.60. The van der Waals surface area contributed by atoms with E-state index in [1.807, 2.05) is 24.3 Å². The predicted molar refractivity (Wildman–Crippen MR) is 270 cm³/mol. The van der Waals surface area contributed by atoms with Crippen LogP contribution in [-0.4, -0.2) is 38.4 Å². The van der Waals surface area contributed by atoms with Crippen molar-refractivity contribution in [1.29, 1.82) is 0 Å². The van der Waals surface area contributed by atoms with Gasteiger partial charge in [0.05, 0.1) is 37.3 Å². The molecule has 4 aliphatic carbocycles. The summed E-state index contributed by atoms with van der Waals surface area (Å²) in [5, 5.41) is 0. The summed E-state index contributed by atoms with van der Waals surface area (Å²) in [7, 11) is 0. The van der Waals surface area contributed by atoms with Crippen LogP contribution in [0.1, 0.15) is 189 Å². The molecule has 2 fully saturated rings. The molecule has 0 heterocycles. The highest BCUT2D eigenvalue weighted by atomic mass is 16.5.